The van der Waals surface area contributed by atoms with Crippen LogP contribution in [0.3, 0.4) is 0 Å². The summed E-state index contributed by atoms with van der Waals surface area (Å²) in [7, 11) is 0. The first kappa shape index (κ1) is 22.7. The third kappa shape index (κ3) is 5.68. The van der Waals surface area contributed by atoms with Gasteiger partial charge in [0.15, 0.2) is 17.6 Å². The summed E-state index contributed by atoms with van der Waals surface area (Å²) in [5.74, 6) is 1.15. The van der Waals surface area contributed by atoms with Gasteiger partial charge in [-0.05, 0) is 63.4 Å². The van der Waals surface area contributed by atoms with E-state index in [1.807, 2.05) is 69.3 Å². The van der Waals surface area contributed by atoms with Gasteiger partial charge in [0.25, 0.3) is 0 Å². The minimum atomic E-state index is -0.969. The van der Waals surface area contributed by atoms with Crippen molar-refractivity contribution < 1.29 is 23.5 Å². The number of aromatic nitrogens is 2. The van der Waals surface area contributed by atoms with Crippen LogP contribution >= 0.6 is 0 Å². The number of carboxylic acids is 1. The van der Waals surface area contributed by atoms with Crippen molar-refractivity contribution in [3.63, 3.8) is 0 Å². The van der Waals surface area contributed by atoms with Crippen molar-refractivity contribution in [1.29, 1.82) is 0 Å². The molecule has 0 radical (unpaired) electrons. The van der Waals surface area contributed by atoms with Crippen LogP contribution < -0.4 is 0 Å². The average molecular weight is 449 g/mol. The lowest BCUT2D eigenvalue weighted by atomic mass is 10.1. The second-order valence-electron chi connectivity index (χ2n) is 8.37. The number of hydrogen-bond acceptors (Lipinski definition) is 6. The Hall–Kier alpha value is -3.45. The molecule has 2 aromatic heterocycles. The van der Waals surface area contributed by atoms with Gasteiger partial charge in [-0.3, -0.25) is 0 Å². The molecule has 4 aromatic rings. The van der Waals surface area contributed by atoms with Gasteiger partial charge >= 0.3 is 5.97 Å². The largest absolute Gasteiger partial charge is 0.479 e. The SMILES string of the molecule is Cc1oc(-c2ccccc2)nc1CCCc1nc2cc(C[C@H](OC(C)C)C(=O)O)ccc2o1. The zero-order valence-electron chi connectivity index (χ0n) is 19.1. The number of benzene rings is 2. The highest BCUT2D eigenvalue weighted by Gasteiger charge is 2.21. The molecule has 0 bridgehead atoms. The summed E-state index contributed by atoms with van der Waals surface area (Å²) in [6, 6.07) is 15.4. The summed E-state index contributed by atoms with van der Waals surface area (Å²) >= 11 is 0. The van der Waals surface area contributed by atoms with Crippen molar-refractivity contribution in [2.75, 3.05) is 0 Å². The Kier molecular flexibility index (Phi) is 6.89. The van der Waals surface area contributed by atoms with Crippen LogP contribution in [0, 0.1) is 6.92 Å². The summed E-state index contributed by atoms with van der Waals surface area (Å²) in [6.07, 6.45) is 1.49. The number of oxazole rings is 2. The normalized spacial score (nSPS) is 12.5. The third-order valence-corrected chi connectivity index (χ3v) is 5.35. The molecule has 0 amide bonds. The van der Waals surface area contributed by atoms with Gasteiger partial charge in [0.1, 0.15) is 11.3 Å². The monoisotopic (exact) mass is 448 g/mol. The molecule has 4 rings (SSSR count). The second kappa shape index (κ2) is 10.0. The number of rotatable bonds is 10. The van der Waals surface area contributed by atoms with E-state index in [9.17, 15) is 9.90 Å². The number of fused-ring (bicyclic) bond motifs is 1. The van der Waals surface area contributed by atoms with Crippen molar-refractivity contribution in [1.82, 2.24) is 9.97 Å². The van der Waals surface area contributed by atoms with Crippen LogP contribution in [0.1, 0.15) is 43.2 Å². The highest BCUT2D eigenvalue weighted by atomic mass is 16.5. The van der Waals surface area contributed by atoms with Crippen LogP contribution in [-0.2, 0) is 28.8 Å². The van der Waals surface area contributed by atoms with Gasteiger partial charge in [-0.15, -0.1) is 0 Å². The summed E-state index contributed by atoms with van der Waals surface area (Å²) in [5.41, 5.74) is 4.17. The number of nitrogens with zero attached hydrogens (tertiary/aromatic N) is 2. The number of hydrogen-bond donors (Lipinski definition) is 1. The first-order valence-corrected chi connectivity index (χ1v) is 11.2. The lowest BCUT2D eigenvalue weighted by Gasteiger charge is -2.16. The first-order valence-electron chi connectivity index (χ1n) is 11.2. The van der Waals surface area contributed by atoms with E-state index in [4.69, 9.17) is 13.6 Å². The Balaban J connectivity index is 1.39. The highest BCUT2D eigenvalue weighted by Crippen LogP contribution is 2.23. The summed E-state index contributed by atoms with van der Waals surface area (Å²) < 4.78 is 17.2. The molecule has 0 spiro atoms. The molecule has 0 unspecified atom stereocenters. The van der Waals surface area contributed by atoms with E-state index in [2.05, 4.69) is 9.97 Å². The molecule has 0 aliphatic heterocycles. The fraction of sp³-hybridized carbons (Fsp3) is 0.346. The highest BCUT2D eigenvalue weighted by molar-refractivity contribution is 5.75. The molecule has 0 aliphatic carbocycles. The standard InChI is InChI=1S/C26H28N2O5/c1-16(2)31-23(26(29)30)15-18-12-13-22-21(14-18)27-24(33-22)11-7-10-20-17(3)32-25(28-20)19-8-5-4-6-9-19/h4-6,8-9,12-14,16,23H,7,10-11,15H2,1-3H3,(H,29,30)/t23-/m0/s1. The summed E-state index contributed by atoms with van der Waals surface area (Å²) in [4.78, 5) is 20.7. The molecule has 2 aromatic carbocycles. The van der Waals surface area contributed by atoms with Gasteiger partial charge in [0.05, 0.1) is 11.8 Å². The van der Waals surface area contributed by atoms with Gasteiger partial charge in [0, 0.05) is 18.4 Å². The van der Waals surface area contributed by atoms with E-state index in [1.165, 1.54) is 0 Å². The van der Waals surface area contributed by atoms with Gasteiger partial charge in [-0.2, -0.15) is 0 Å². The van der Waals surface area contributed by atoms with E-state index in [0.717, 1.165) is 40.9 Å². The summed E-state index contributed by atoms with van der Waals surface area (Å²) in [5, 5.41) is 9.41. The van der Waals surface area contributed by atoms with Crippen LogP contribution in [-0.4, -0.2) is 33.3 Å². The fourth-order valence-corrected chi connectivity index (χ4v) is 3.76. The van der Waals surface area contributed by atoms with Crippen LogP contribution in [0.25, 0.3) is 22.6 Å². The first-order chi connectivity index (χ1) is 15.9. The minimum Gasteiger partial charge on any atom is -0.479 e. The summed E-state index contributed by atoms with van der Waals surface area (Å²) in [6.45, 7) is 5.58. The molecule has 0 fully saturated rings. The second-order valence-corrected chi connectivity index (χ2v) is 8.37. The lowest BCUT2D eigenvalue weighted by Crippen LogP contribution is -2.29. The number of aliphatic carboxylic acids is 1. The van der Waals surface area contributed by atoms with E-state index in [0.29, 0.717) is 23.8 Å². The fourth-order valence-electron chi connectivity index (χ4n) is 3.76. The van der Waals surface area contributed by atoms with Crippen molar-refractivity contribution in [3.8, 4) is 11.5 Å². The quantitative estimate of drug-likeness (QED) is 0.347. The van der Waals surface area contributed by atoms with E-state index in [1.54, 1.807) is 0 Å². The molecule has 2 heterocycles. The van der Waals surface area contributed by atoms with Gasteiger partial charge < -0.3 is 18.7 Å². The minimum absolute atomic E-state index is 0.161. The number of carbonyl (C=O) groups is 1. The Bertz CT molecular complexity index is 1230. The van der Waals surface area contributed by atoms with Gasteiger partial charge in [-0.25, -0.2) is 14.8 Å². The van der Waals surface area contributed by atoms with Crippen LogP contribution in [0.4, 0.5) is 0 Å². The smallest absolute Gasteiger partial charge is 0.333 e. The van der Waals surface area contributed by atoms with Gasteiger partial charge in [0.2, 0.25) is 5.89 Å². The zero-order chi connectivity index (χ0) is 23.4. The molecule has 1 N–H and O–H groups in total. The predicted molar refractivity (Wildman–Crippen MR) is 124 cm³/mol. The zero-order valence-corrected chi connectivity index (χ0v) is 19.1. The molecular weight excluding hydrogens is 420 g/mol. The van der Waals surface area contributed by atoms with Crippen LogP contribution in [0.15, 0.2) is 57.4 Å². The molecule has 0 aliphatic rings. The Morgan fingerprint density at radius 1 is 1.06 bits per heavy atom. The van der Waals surface area contributed by atoms with E-state index < -0.39 is 12.1 Å². The third-order valence-electron chi connectivity index (χ3n) is 5.35. The molecule has 1 atom stereocenters. The van der Waals surface area contributed by atoms with Crippen molar-refractivity contribution >= 4 is 17.1 Å². The lowest BCUT2D eigenvalue weighted by molar-refractivity contribution is -0.153. The molecule has 0 saturated heterocycles. The molecule has 33 heavy (non-hydrogen) atoms. The Labute approximate surface area is 192 Å². The molecular formula is C26H28N2O5. The predicted octanol–water partition coefficient (Wildman–Crippen LogP) is 5.39. The van der Waals surface area contributed by atoms with Gasteiger partial charge in [-0.1, -0.05) is 24.3 Å². The Morgan fingerprint density at radius 2 is 1.85 bits per heavy atom. The maximum Gasteiger partial charge on any atom is 0.333 e. The maximum atomic E-state index is 11.5. The Morgan fingerprint density at radius 3 is 2.58 bits per heavy atom. The maximum absolute atomic E-state index is 11.5. The average Bonchev–Trinajstić information content (AvgIpc) is 3.36. The van der Waals surface area contributed by atoms with Crippen LogP contribution in [0.2, 0.25) is 0 Å². The van der Waals surface area contributed by atoms with Crippen molar-refractivity contribution in [3.05, 3.63) is 71.4 Å². The number of carboxylic acid groups (broad SMARTS) is 1. The molecule has 7 heteroatoms. The van der Waals surface area contributed by atoms with Crippen LogP contribution in [0.5, 0.6) is 0 Å². The number of aryl methyl sites for hydroxylation is 3. The topological polar surface area (TPSA) is 98.6 Å². The van der Waals surface area contributed by atoms with Crippen molar-refractivity contribution in [2.45, 2.75) is 58.7 Å². The molecule has 7 nitrogen and oxygen atoms in total. The van der Waals surface area contributed by atoms with E-state index >= 15 is 0 Å². The molecule has 0 saturated carbocycles. The molecule has 172 valence electrons. The van der Waals surface area contributed by atoms with Crippen molar-refractivity contribution in [2.24, 2.45) is 0 Å². The number of ether oxygens (including phenoxy) is 1. The van der Waals surface area contributed by atoms with E-state index in [-0.39, 0.29) is 12.5 Å².